The third kappa shape index (κ3) is 3.56. The number of hydrogen-bond acceptors (Lipinski definition) is 5. The molecule has 0 aliphatic heterocycles. The maximum Gasteiger partial charge on any atom is 0.339 e. The molecule has 21 heavy (non-hydrogen) atoms. The second-order valence-corrected chi connectivity index (χ2v) is 4.84. The highest BCUT2D eigenvalue weighted by Crippen LogP contribution is 2.20. The van der Waals surface area contributed by atoms with E-state index in [1.165, 1.54) is 0 Å². The number of rotatable bonds is 5. The number of benzene rings is 1. The van der Waals surface area contributed by atoms with Gasteiger partial charge in [-0.25, -0.2) is 4.79 Å². The average Bonchev–Trinajstić information content (AvgIpc) is 2.51. The van der Waals surface area contributed by atoms with E-state index >= 15 is 0 Å². The van der Waals surface area contributed by atoms with Crippen LogP contribution in [-0.4, -0.2) is 28.5 Å². The van der Waals surface area contributed by atoms with Crippen molar-refractivity contribution in [2.75, 3.05) is 6.61 Å². The van der Waals surface area contributed by atoms with Crippen LogP contribution in [0.2, 0.25) is 0 Å². The highest BCUT2D eigenvalue weighted by molar-refractivity contribution is 6.04. The zero-order valence-corrected chi connectivity index (χ0v) is 12.2. The summed E-state index contributed by atoms with van der Waals surface area (Å²) in [6.07, 6.45) is 1.76. The van der Waals surface area contributed by atoms with Crippen molar-refractivity contribution < 1.29 is 14.7 Å². The van der Waals surface area contributed by atoms with Crippen molar-refractivity contribution in [1.82, 2.24) is 4.98 Å². The van der Waals surface area contributed by atoms with Crippen molar-refractivity contribution in [2.45, 2.75) is 26.7 Å². The Kier molecular flexibility index (Phi) is 4.87. The second kappa shape index (κ2) is 6.83. The summed E-state index contributed by atoms with van der Waals surface area (Å²) < 4.78 is 5.16. The third-order valence-corrected chi connectivity index (χ3v) is 3.08. The summed E-state index contributed by atoms with van der Waals surface area (Å²) in [5.74, 6) is -0.436. The van der Waals surface area contributed by atoms with Crippen LogP contribution in [0.15, 0.2) is 35.5 Å². The minimum Gasteiger partial charge on any atom is -0.456 e. The minimum absolute atomic E-state index is 0.0326. The van der Waals surface area contributed by atoms with Crippen LogP contribution in [0.4, 0.5) is 0 Å². The molecule has 1 aromatic heterocycles. The molecule has 0 bridgehead atoms. The number of carbonyl (C=O) groups excluding carboxylic acids is 1. The van der Waals surface area contributed by atoms with Crippen molar-refractivity contribution in [1.29, 1.82) is 0 Å². The summed E-state index contributed by atoms with van der Waals surface area (Å²) in [5.41, 5.74) is 2.49. The Hall–Kier alpha value is -2.43. The van der Waals surface area contributed by atoms with E-state index in [0.29, 0.717) is 11.3 Å². The first kappa shape index (κ1) is 15.0. The molecule has 2 aromatic rings. The Morgan fingerprint density at radius 3 is 2.86 bits per heavy atom. The molecule has 110 valence electrons. The number of carbonyl (C=O) groups is 1. The largest absolute Gasteiger partial charge is 0.456 e. The number of aryl methyl sites for hydroxylation is 1. The van der Waals surface area contributed by atoms with Crippen LogP contribution in [0.25, 0.3) is 10.9 Å². The van der Waals surface area contributed by atoms with E-state index in [-0.39, 0.29) is 6.61 Å². The topological polar surface area (TPSA) is 71.8 Å². The lowest BCUT2D eigenvalue weighted by atomic mass is 10.1. The Bertz CT molecular complexity index is 680. The molecule has 0 radical (unpaired) electrons. The number of hydrogen-bond donors (Lipinski definition) is 1. The van der Waals surface area contributed by atoms with Crippen molar-refractivity contribution in [3.63, 3.8) is 0 Å². The number of pyridine rings is 1. The van der Waals surface area contributed by atoms with Crippen LogP contribution in [0.1, 0.15) is 36.3 Å². The summed E-state index contributed by atoms with van der Waals surface area (Å²) in [6.45, 7) is 3.62. The molecule has 0 aliphatic rings. The summed E-state index contributed by atoms with van der Waals surface area (Å²) in [4.78, 5) is 16.8. The quantitative estimate of drug-likeness (QED) is 0.396. The standard InChI is InChI=1S/C16H18N2O3/c1-3-6-12-9-14(16(19)21-10-11(2)18-20)13-7-4-5-8-15(13)17-12/h4-5,7-9,20H,3,6,10H2,1-2H3/b18-11+. The van der Waals surface area contributed by atoms with Gasteiger partial charge in [-0.1, -0.05) is 36.7 Å². The van der Waals surface area contributed by atoms with E-state index in [0.717, 1.165) is 29.4 Å². The van der Waals surface area contributed by atoms with Crippen molar-refractivity contribution >= 4 is 22.6 Å². The van der Waals surface area contributed by atoms with Gasteiger partial charge >= 0.3 is 5.97 Å². The maximum absolute atomic E-state index is 12.2. The molecule has 1 aromatic carbocycles. The van der Waals surface area contributed by atoms with E-state index in [2.05, 4.69) is 17.1 Å². The van der Waals surface area contributed by atoms with Gasteiger partial charge in [0.05, 0.1) is 16.8 Å². The number of fused-ring (bicyclic) bond motifs is 1. The van der Waals surface area contributed by atoms with E-state index in [4.69, 9.17) is 9.94 Å². The molecule has 2 rings (SSSR count). The predicted octanol–water partition coefficient (Wildman–Crippen LogP) is 3.19. The van der Waals surface area contributed by atoms with E-state index in [9.17, 15) is 4.79 Å². The van der Waals surface area contributed by atoms with Gasteiger partial charge in [0.15, 0.2) is 0 Å². The van der Waals surface area contributed by atoms with Gasteiger partial charge in [-0.05, 0) is 25.5 Å². The molecule has 5 nitrogen and oxygen atoms in total. The van der Waals surface area contributed by atoms with Crippen molar-refractivity contribution in [3.8, 4) is 0 Å². The normalized spacial score (nSPS) is 11.6. The Morgan fingerprint density at radius 1 is 1.38 bits per heavy atom. The lowest BCUT2D eigenvalue weighted by Gasteiger charge is -2.09. The van der Waals surface area contributed by atoms with Crippen LogP contribution in [0.5, 0.6) is 0 Å². The maximum atomic E-state index is 12.2. The zero-order chi connectivity index (χ0) is 15.2. The fraction of sp³-hybridized carbons (Fsp3) is 0.312. The number of ether oxygens (including phenoxy) is 1. The van der Waals surface area contributed by atoms with E-state index < -0.39 is 5.97 Å². The lowest BCUT2D eigenvalue weighted by molar-refractivity contribution is 0.0563. The van der Waals surface area contributed by atoms with Gasteiger partial charge in [0.25, 0.3) is 0 Å². The van der Waals surface area contributed by atoms with Gasteiger partial charge < -0.3 is 9.94 Å². The molecule has 0 aliphatic carbocycles. The second-order valence-electron chi connectivity index (χ2n) is 4.84. The van der Waals surface area contributed by atoms with Crippen LogP contribution < -0.4 is 0 Å². The number of oxime groups is 1. The molecule has 0 saturated heterocycles. The first-order valence-electron chi connectivity index (χ1n) is 6.89. The Morgan fingerprint density at radius 2 is 2.14 bits per heavy atom. The monoisotopic (exact) mass is 286 g/mol. The number of esters is 1. The van der Waals surface area contributed by atoms with E-state index in [1.54, 1.807) is 13.0 Å². The van der Waals surface area contributed by atoms with Crippen LogP contribution in [-0.2, 0) is 11.2 Å². The zero-order valence-electron chi connectivity index (χ0n) is 12.2. The first-order chi connectivity index (χ1) is 10.2. The molecular formula is C16H18N2O3. The molecule has 0 saturated carbocycles. The summed E-state index contributed by atoms with van der Waals surface area (Å²) in [7, 11) is 0. The van der Waals surface area contributed by atoms with Gasteiger partial charge in [0.1, 0.15) is 6.61 Å². The van der Waals surface area contributed by atoms with Gasteiger partial charge in [-0.15, -0.1) is 0 Å². The number of nitrogens with zero attached hydrogens (tertiary/aromatic N) is 2. The first-order valence-corrected chi connectivity index (χ1v) is 6.89. The third-order valence-electron chi connectivity index (χ3n) is 3.08. The molecule has 5 heteroatoms. The molecule has 0 amide bonds. The SMILES string of the molecule is CCCc1cc(C(=O)OC/C(C)=N/O)c2ccccc2n1. The predicted molar refractivity (Wildman–Crippen MR) is 80.9 cm³/mol. The van der Waals surface area contributed by atoms with Crippen LogP contribution in [0.3, 0.4) is 0 Å². The molecule has 0 atom stereocenters. The summed E-state index contributed by atoms with van der Waals surface area (Å²) >= 11 is 0. The van der Waals surface area contributed by atoms with Gasteiger partial charge in [-0.2, -0.15) is 0 Å². The number of para-hydroxylation sites is 1. The molecule has 1 N–H and O–H groups in total. The number of aromatic nitrogens is 1. The Labute approximate surface area is 123 Å². The van der Waals surface area contributed by atoms with Gasteiger partial charge in [0.2, 0.25) is 0 Å². The summed E-state index contributed by atoms with van der Waals surface area (Å²) in [6, 6.07) is 9.26. The molecule has 1 heterocycles. The molecule has 0 spiro atoms. The fourth-order valence-electron chi connectivity index (χ4n) is 2.06. The summed E-state index contributed by atoms with van der Waals surface area (Å²) in [5, 5.41) is 12.3. The minimum atomic E-state index is -0.436. The van der Waals surface area contributed by atoms with E-state index in [1.807, 2.05) is 24.3 Å². The van der Waals surface area contributed by atoms with Crippen molar-refractivity contribution in [2.24, 2.45) is 5.16 Å². The molecule has 0 unspecified atom stereocenters. The van der Waals surface area contributed by atoms with Crippen molar-refractivity contribution in [3.05, 3.63) is 41.6 Å². The van der Waals surface area contributed by atoms with Gasteiger partial charge in [0, 0.05) is 11.1 Å². The smallest absolute Gasteiger partial charge is 0.339 e. The molecular weight excluding hydrogens is 268 g/mol. The fourth-order valence-corrected chi connectivity index (χ4v) is 2.06. The molecule has 0 fully saturated rings. The van der Waals surface area contributed by atoms with Gasteiger partial charge in [-0.3, -0.25) is 4.98 Å². The highest BCUT2D eigenvalue weighted by atomic mass is 16.5. The Balaban J connectivity index is 2.38. The lowest BCUT2D eigenvalue weighted by Crippen LogP contribution is -2.13. The van der Waals surface area contributed by atoms with Crippen LogP contribution in [0, 0.1) is 0 Å². The highest BCUT2D eigenvalue weighted by Gasteiger charge is 2.14. The average molecular weight is 286 g/mol. The van der Waals surface area contributed by atoms with Crippen LogP contribution >= 0.6 is 0 Å².